The smallest absolute Gasteiger partial charge is 0.334 e. The standard InChI is InChI=1S/C23H24O8/c1-5-10-29-23(27)13-21(31-17-7-8-19(26)18(12-17)14(2)24)16-6-9-20(30-15(3)25)22(11-16)28-4/h6-9,11-13,26H,5,10H2,1-4H3/b21-13+. The topological polar surface area (TPSA) is 108 Å². The molecule has 0 heterocycles. The second-order valence-corrected chi connectivity index (χ2v) is 6.47. The van der Waals surface area contributed by atoms with Crippen molar-refractivity contribution in [1.29, 1.82) is 0 Å². The second-order valence-electron chi connectivity index (χ2n) is 6.47. The van der Waals surface area contributed by atoms with Gasteiger partial charge in [0, 0.05) is 12.5 Å². The lowest BCUT2D eigenvalue weighted by Crippen LogP contribution is -2.07. The molecule has 2 aromatic carbocycles. The Bertz CT molecular complexity index is 1010. The first kappa shape index (κ1) is 23.5. The number of esters is 2. The second kappa shape index (κ2) is 10.8. The van der Waals surface area contributed by atoms with Gasteiger partial charge in [0.05, 0.1) is 25.4 Å². The van der Waals surface area contributed by atoms with Gasteiger partial charge in [0.25, 0.3) is 0 Å². The summed E-state index contributed by atoms with van der Waals surface area (Å²) in [6.45, 7) is 4.69. The van der Waals surface area contributed by atoms with Crippen molar-refractivity contribution in [2.24, 2.45) is 0 Å². The van der Waals surface area contributed by atoms with Crippen LogP contribution in [0.15, 0.2) is 42.5 Å². The van der Waals surface area contributed by atoms with Crippen LogP contribution in [0.25, 0.3) is 5.76 Å². The zero-order valence-electron chi connectivity index (χ0n) is 17.8. The number of methoxy groups -OCH3 is 1. The number of Topliss-reactive ketones (excluding diaryl/α,β-unsaturated/α-hetero) is 1. The highest BCUT2D eigenvalue weighted by molar-refractivity contribution is 5.97. The lowest BCUT2D eigenvalue weighted by atomic mass is 10.1. The molecule has 8 nitrogen and oxygen atoms in total. The Morgan fingerprint density at radius 1 is 1.00 bits per heavy atom. The summed E-state index contributed by atoms with van der Waals surface area (Å²) in [6, 6.07) is 8.76. The summed E-state index contributed by atoms with van der Waals surface area (Å²) in [6.07, 6.45) is 1.82. The van der Waals surface area contributed by atoms with Crippen molar-refractivity contribution in [1.82, 2.24) is 0 Å². The van der Waals surface area contributed by atoms with Crippen molar-refractivity contribution in [3.05, 3.63) is 53.6 Å². The minimum atomic E-state index is -0.620. The van der Waals surface area contributed by atoms with Crippen LogP contribution in [-0.4, -0.2) is 36.5 Å². The van der Waals surface area contributed by atoms with E-state index in [1.165, 1.54) is 51.3 Å². The van der Waals surface area contributed by atoms with Crippen molar-refractivity contribution in [2.75, 3.05) is 13.7 Å². The van der Waals surface area contributed by atoms with E-state index in [0.717, 1.165) is 6.08 Å². The number of hydrogen-bond acceptors (Lipinski definition) is 8. The predicted octanol–water partition coefficient (Wildman–Crippen LogP) is 3.90. The highest BCUT2D eigenvalue weighted by Gasteiger charge is 2.16. The SMILES string of the molecule is CCCOC(=O)/C=C(/Oc1ccc(O)c(C(C)=O)c1)c1ccc(OC(C)=O)c(OC)c1. The molecule has 0 fully saturated rings. The van der Waals surface area contributed by atoms with Crippen LogP contribution in [0.2, 0.25) is 0 Å². The van der Waals surface area contributed by atoms with Gasteiger partial charge >= 0.3 is 11.9 Å². The minimum Gasteiger partial charge on any atom is -0.507 e. The highest BCUT2D eigenvalue weighted by atomic mass is 16.6. The van der Waals surface area contributed by atoms with Gasteiger partial charge in [-0.25, -0.2) is 4.79 Å². The summed E-state index contributed by atoms with van der Waals surface area (Å²) in [7, 11) is 1.41. The zero-order chi connectivity index (χ0) is 23.0. The Balaban J connectivity index is 2.48. The number of rotatable bonds is 9. The fourth-order valence-electron chi connectivity index (χ4n) is 2.57. The van der Waals surface area contributed by atoms with Gasteiger partial charge in [0.2, 0.25) is 0 Å². The number of benzene rings is 2. The Morgan fingerprint density at radius 2 is 1.74 bits per heavy atom. The Hall–Kier alpha value is -3.81. The summed E-state index contributed by atoms with van der Waals surface area (Å²) in [5.74, 6) is -0.875. The maximum atomic E-state index is 12.2. The largest absolute Gasteiger partial charge is 0.507 e. The van der Waals surface area contributed by atoms with Crippen LogP contribution in [0.4, 0.5) is 0 Å². The fraction of sp³-hybridized carbons (Fsp3) is 0.261. The number of carbonyl (C=O) groups is 3. The number of ether oxygens (including phenoxy) is 4. The molecule has 0 aliphatic carbocycles. The maximum absolute atomic E-state index is 12.2. The van der Waals surface area contributed by atoms with E-state index in [-0.39, 0.29) is 46.7 Å². The Kier molecular flexibility index (Phi) is 8.19. The molecule has 0 aliphatic heterocycles. The number of ketones is 1. The van der Waals surface area contributed by atoms with Crippen LogP contribution in [0, 0.1) is 0 Å². The lowest BCUT2D eigenvalue weighted by molar-refractivity contribution is -0.137. The monoisotopic (exact) mass is 428 g/mol. The van der Waals surface area contributed by atoms with Crippen LogP contribution in [0.1, 0.15) is 43.1 Å². The average molecular weight is 428 g/mol. The molecule has 0 aliphatic rings. The third-order valence-corrected chi connectivity index (χ3v) is 3.97. The first-order valence-corrected chi connectivity index (χ1v) is 9.52. The molecule has 0 bridgehead atoms. The van der Waals surface area contributed by atoms with E-state index in [1.54, 1.807) is 6.07 Å². The van der Waals surface area contributed by atoms with Crippen LogP contribution in [0.5, 0.6) is 23.0 Å². The Labute approximate surface area is 180 Å². The number of carbonyl (C=O) groups excluding carboxylic acids is 3. The van der Waals surface area contributed by atoms with Crippen molar-refractivity contribution in [2.45, 2.75) is 27.2 Å². The molecule has 0 atom stereocenters. The minimum absolute atomic E-state index is 0.0770. The van der Waals surface area contributed by atoms with Crippen molar-refractivity contribution in [3.63, 3.8) is 0 Å². The van der Waals surface area contributed by atoms with Crippen LogP contribution in [-0.2, 0) is 14.3 Å². The van der Waals surface area contributed by atoms with Gasteiger partial charge < -0.3 is 24.1 Å². The zero-order valence-corrected chi connectivity index (χ0v) is 17.8. The molecular weight excluding hydrogens is 404 g/mol. The van der Waals surface area contributed by atoms with Gasteiger partial charge in [-0.2, -0.15) is 0 Å². The molecule has 0 saturated carbocycles. The van der Waals surface area contributed by atoms with E-state index in [0.29, 0.717) is 12.0 Å². The third-order valence-electron chi connectivity index (χ3n) is 3.97. The van der Waals surface area contributed by atoms with E-state index in [2.05, 4.69) is 0 Å². The van der Waals surface area contributed by atoms with Crippen molar-refractivity contribution < 1.29 is 38.4 Å². The third kappa shape index (κ3) is 6.60. The molecule has 0 spiro atoms. The molecule has 164 valence electrons. The van der Waals surface area contributed by atoms with E-state index >= 15 is 0 Å². The molecule has 0 amide bonds. The van der Waals surface area contributed by atoms with E-state index < -0.39 is 11.9 Å². The van der Waals surface area contributed by atoms with Gasteiger partial charge in [0.15, 0.2) is 17.3 Å². The molecule has 1 N–H and O–H groups in total. The van der Waals surface area contributed by atoms with Gasteiger partial charge in [-0.1, -0.05) is 6.92 Å². The molecule has 0 aromatic heterocycles. The fourth-order valence-corrected chi connectivity index (χ4v) is 2.57. The van der Waals surface area contributed by atoms with E-state index in [9.17, 15) is 19.5 Å². The summed E-state index contributed by atoms with van der Waals surface area (Å²) < 4.78 is 21.3. The molecule has 0 unspecified atom stereocenters. The molecule has 2 aromatic rings. The summed E-state index contributed by atoms with van der Waals surface area (Å²) in [5.41, 5.74) is 0.506. The summed E-state index contributed by atoms with van der Waals surface area (Å²) in [5, 5.41) is 9.85. The van der Waals surface area contributed by atoms with Gasteiger partial charge in [-0.15, -0.1) is 0 Å². The van der Waals surface area contributed by atoms with Crippen molar-refractivity contribution in [3.8, 4) is 23.0 Å². The first-order valence-electron chi connectivity index (χ1n) is 9.52. The maximum Gasteiger partial charge on any atom is 0.334 e. The molecule has 31 heavy (non-hydrogen) atoms. The van der Waals surface area contributed by atoms with Gasteiger partial charge in [0.1, 0.15) is 17.3 Å². The molecule has 8 heteroatoms. The van der Waals surface area contributed by atoms with Crippen LogP contribution < -0.4 is 14.2 Å². The molecule has 0 radical (unpaired) electrons. The highest BCUT2D eigenvalue weighted by Crippen LogP contribution is 2.33. The number of hydrogen-bond donors (Lipinski definition) is 1. The van der Waals surface area contributed by atoms with Crippen molar-refractivity contribution >= 4 is 23.5 Å². The summed E-state index contributed by atoms with van der Waals surface area (Å²) in [4.78, 5) is 35.2. The summed E-state index contributed by atoms with van der Waals surface area (Å²) >= 11 is 0. The number of phenols is 1. The number of phenolic OH excluding ortho intramolecular Hbond substituents is 1. The van der Waals surface area contributed by atoms with E-state index in [4.69, 9.17) is 18.9 Å². The average Bonchev–Trinajstić information content (AvgIpc) is 2.72. The first-order chi connectivity index (χ1) is 14.7. The number of aromatic hydroxyl groups is 1. The van der Waals surface area contributed by atoms with Gasteiger partial charge in [-0.05, 0) is 49.7 Å². The molecule has 0 saturated heterocycles. The predicted molar refractivity (Wildman–Crippen MR) is 112 cm³/mol. The quantitative estimate of drug-likeness (QED) is 0.211. The molecule has 2 rings (SSSR count). The van der Waals surface area contributed by atoms with Gasteiger partial charge in [-0.3, -0.25) is 9.59 Å². The lowest BCUT2D eigenvalue weighted by Gasteiger charge is -2.14. The van der Waals surface area contributed by atoms with E-state index in [1.807, 2.05) is 6.92 Å². The molecular formula is C23H24O8. The Morgan fingerprint density at radius 3 is 2.35 bits per heavy atom. The van der Waals surface area contributed by atoms with Crippen LogP contribution >= 0.6 is 0 Å². The van der Waals surface area contributed by atoms with Crippen LogP contribution in [0.3, 0.4) is 0 Å². The normalized spacial score (nSPS) is 10.9.